The fraction of sp³-hybridized carbons (Fsp3) is 0.174. The van der Waals surface area contributed by atoms with Crippen molar-refractivity contribution in [3.63, 3.8) is 0 Å². The zero-order chi connectivity index (χ0) is 24.3. The maximum atomic E-state index is 13.3. The van der Waals surface area contributed by atoms with Crippen LogP contribution >= 0.6 is 0 Å². The zero-order valence-electron chi connectivity index (χ0n) is 18.7. The third kappa shape index (κ3) is 4.64. The van der Waals surface area contributed by atoms with Crippen LogP contribution in [0.2, 0.25) is 0 Å². The topological polar surface area (TPSA) is 139 Å². The van der Waals surface area contributed by atoms with E-state index in [0.717, 1.165) is 0 Å². The number of aryl methyl sites for hydroxylation is 1. The molecule has 0 aliphatic heterocycles. The summed E-state index contributed by atoms with van der Waals surface area (Å²) in [5.41, 5.74) is 3.64. The van der Waals surface area contributed by atoms with Crippen LogP contribution in [-0.4, -0.2) is 31.6 Å². The molecule has 2 aromatic carbocycles. The zero-order valence-corrected chi connectivity index (χ0v) is 19.6. The van der Waals surface area contributed by atoms with Gasteiger partial charge in [-0.15, -0.1) is 0 Å². The van der Waals surface area contributed by atoms with Gasteiger partial charge in [0.2, 0.25) is 11.8 Å². The largest absolute Gasteiger partial charge is 0.445 e. The monoisotopic (exact) mass is 481 g/mol. The average molecular weight is 482 g/mol. The molecule has 0 spiro atoms. The van der Waals surface area contributed by atoms with Crippen LogP contribution in [0.4, 0.5) is 10.7 Å². The molecule has 0 fully saturated rings. The number of hydrogen-bond acceptors (Lipinski definition) is 7. The number of amides is 2. The lowest BCUT2D eigenvalue weighted by Gasteiger charge is -2.16. The van der Waals surface area contributed by atoms with Crippen molar-refractivity contribution in [1.82, 2.24) is 20.8 Å². The Morgan fingerprint density at radius 1 is 1.09 bits per heavy atom. The first-order chi connectivity index (χ1) is 16.3. The highest BCUT2D eigenvalue weighted by Crippen LogP contribution is 2.34. The van der Waals surface area contributed by atoms with Gasteiger partial charge < -0.3 is 19.6 Å². The Morgan fingerprint density at radius 2 is 1.88 bits per heavy atom. The molecule has 0 atom stereocenters. The lowest BCUT2D eigenvalue weighted by Crippen LogP contribution is -2.32. The molecule has 2 aromatic heterocycles. The summed E-state index contributed by atoms with van der Waals surface area (Å²) in [5, 5.41) is 9.06. The van der Waals surface area contributed by atoms with E-state index in [1.807, 2.05) is 0 Å². The third-order valence-electron chi connectivity index (χ3n) is 5.30. The van der Waals surface area contributed by atoms with E-state index >= 15 is 0 Å². The van der Waals surface area contributed by atoms with Gasteiger partial charge in [0.1, 0.15) is 6.26 Å². The molecule has 2 amide bonds. The number of anilines is 1. The minimum Gasteiger partial charge on any atom is -0.445 e. The van der Waals surface area contributed by atoms with Crippen LogP contribution in [-0.2, 0) is 16.6 Å². The van der Waals surface area contributed by atoms with Crippen molar-refractivity contribution < 1.29 is 22.2 Å². The Bertz CT molecular complexity index is 1430. The second-order valence-electron chi connectivity index (χ2n) is 7.47. The summed E-state index contributed by atoms with van der Waals surface area (Å²) in [7, 11) is -2.51. The summed E-state index contributed by atoms with van der Waals surface area (Å²) in [6.07, 6.45) is 3.00. The molecule has 4 aromatic rings. The number of nitrogens with one attached hydrogen (secondary N) is 3. The Labute approximate surface area is 196 Å². The fourth-order valence-corrected chi connectivity index (χ4v) is 4.65. The molecule has 34 heavy (non-hydrogen) atoms. The molecule has 0 unspecified atom stereocenters. The van der Waals surface area contributed by atoms with Crippen LogP contribution in [0.15, 0.2) is 68.8 Å². The molecule has 3 N–H and O–H groups in total. The number of hydrogen-bond donors (Lipinski definition) is 3. The van der Waals surface area contributed by atoms with E-state index in [1.54, 1.807) is 50.2 Å². The van der Waals surface area contributed by atoms with Gasteiger partial charge in [-0.3, -0.25) is 0 Å². The van der Waals surface area contributed by atoms with Crippen molar-refractivity contribution in [3.05, 3.63) is 71.7 Å². The summed E-state index contributed by atoms with van der Waals surface area (Å²) in [6, 6.07) is 11.6. The number of aromatic nitrogens is 2. The van der Waals surface area contributed by atoms with Gasteiger partial charge in [0.25, 0.3) is 10.0 Å². The van der Waals surface area contributed by atoms with E-state index < -0.39 is 10.0 Å². The first-order valence-corrected chi connectivity index (χ1v) is 11.8. The van der Waals surface area contributed by atoms with Crippen molar-refractivity contribution in [2.24, 2.45) is 0 Å². The second-order valence-corrected chi connectivity index (χ2v) is 9.12. The lowest BCUT2D eigenvalue weighted by molar-refractivity contribution is 0.242. The van der Waals surface area contributed by atoms with Gasteiger partial charge in [0.15, 0.2) is 0 Å². The van der Waals surface area contributed by atoms with Crippen LogP contribution in [0, 0.1) is 13.8 Å². The van der Waals surface area contributed by atoms with Gasteiger partial charge in [-0.25, -0.2) is 22.9 Å². The van der Waals surface area contributed by atoms with Crippen molar-refractivity contribution in [1.29, 1.82) is 0 Å². The second kappa shape index (κ2) is 9.40. The van der Waals surface area contributed by atoms with Gasteiger partial charge in [-0.1, -0.05) is 29.4 Å². The number of carbonyl (C=O) groups is 1. The van der Waals surface area contributed by atoms with Gasteiger partial charge in [-0.05, 0) is 43.2 Å². The molecule has 0 saturated heterocycles. The van der Waals surface area contributed by atoms with Gasteiger partial charge >= 0.3 is 6.03 Å². The summed E-state index contributed by atoms with van der Waals surface area (Å²) in [5.74, 6) is 0.472. The van der Waals surface area contributed by atoms with Crippen molar-refractivity contribution in [2.45, 2.75) is 25.3 Å². The number of oxazole rings is 1. The van der Waals surface area contributed by atoms with E-state index in [0.29, 0.717) is 39.4 Å². The predicted molar refractivity (Wildman–Crippen MR) is 125 cm³/mol. The van der Waals surface area contributed by atoms with Crippen LogP contribution in [0.3, 0.4) is 0 Å². The van der Waals surface area contributed by atoms with E-state index in [9.17, 15) is 13.2 Å². The molecule has 0 bridgehead atoms. The van der Waals surface area contributed by atoms with Crippen molar-refractivity contribution in [3.8, 4) is 22.6 Å². The van der Waals surface area contributed by atoms with Crippen molar-refractivity contribution in [2.75, 3.05) is 11.8 Å². The molecule has 0 aliphatic rings. The molecule has 10 nitrogen and oxygen atoms in total. The number of rotatable bonds is 7. The van der Waals surface area contributed by atoms with Crippen LogP contribution in [0.25, 0.3) is 22.6 Å². The Hall–Kier alpha value is -4.12. The number of benzene rings is 2. The first-order valence-electron chi connectivity index (χ1n) is 10.3. The third-order valence-corrected chi connectivity index (χ3v) is 6.69. The molecular formula is C23H23N5O5S. The van der Waals surface area contributed by atoms with Gasteiger partial charge in [0.05, 0.1) is 16.8 Å². The normalized spacial score (nSPS) is 11.3. The summed E-state index contributed by atoms with van der Waals surface area (Å²) in [6.45, 7) is 3.59. The SMILES string of the molecule is CNC(=O)NCc1cc(-c2ncco2)ccc1-c1ccccc1S(=O)(=O)Nc1onc(C)c1C. The van der Waals surface area contributed by atoms with Crippen LogP contribution in [0.1, 0.15) is 16.8 Å². The Balaban J connectivity index is 1.79. The molecule has 0 aliphatic carbocycles. The minimum atomic E-state index is -4.02. The minimum absolute atomic E-state index is 0.0496. The molecular weight excluding hydrogens is 458 g/mol. The molecule has 11 heteroatoms. The van der Waals surface area contributed by atoms with Crippen LogP contribution in [0.5, 0.6) is 0 Å². The number of sulfonamides is 1. The maximum Gasteiger partial charge on any atom is 0.314 e. The number of carbonyl (C=O) groups excluding carboxylic acids is 1. The highest BCUT2D eigenvalue weighted by atomic mass is 32.2. The van der Waals surface area contributed by atoms with Crippen molar-refractivity contribution >= 4 is 21.9 Å². The van der Waals surface area contributed by atoms with Gasteiger partial charge in [-0.2, -0.15) is 0 Å². The molecule has 0 saturated carbocycles. The Morgan fingerprint density at radius 3 is 2.56 bits per heavy atom. The highest BCUT2D eigenvalue weighted by Gasteiger charge is 2.24. The van der Waals surface area contributed by atoms with E-state index in [2.05, 4.69) is 25.5 Å². The van der Waals surface area contributed by atoms with E-state index in [4.69, 9.17) is 8.94 Å². The summed E-state index contributed by atoms with van der Waals surface area (Å²) < 4.78 is 39.7. The first kappa shape index (κ1) is 23.1. The average Bonchev–Trinajstić information content (AvgIpc) is 3.49. The quantitative estimate of drug-likeness (QED) is 0.364. The molecule has 176 valence electrons. The summed E-state index contributed by atoms with van der Waals surface area (Å²) in [4.78, 5) is 16.1. The molecule has 2 heterocycles. The smallest absolute Gasteiger partial charge is 0.314 e. The lowest BCUT2D eigenvalue weighted by atomic mass is 9.97. The predicted octanol–water partition coefficient (Wildman–Crippen LogP) is 3.84. The number of nitrogens with zero attached hydrogens (tertiary/aromatic N) is 2. The molecule has 4 rings (SSSR count). The maximum absolute atomic E-state index is 13.3. The van der Waals surface area contributed by atoms with Gasteiger partial charge in [0, 0.05) is 30.3 Å². The van der Waals surface area contributed by atoms with Crippen LogP contribution < -0.4 is 15.4 Å². The Kier molecular flexibility index (Phi) is 6.37. The number of urea groups is 1. The fourth-order valence-electron chi connectivity index (χ4n) is 3.38. The summed E-state index contributed by atoms with van der Waals surface area (Å²) >= 11 is 0. The molecule has 0 radical (unpaired) electrons. The highest BCUT2D eigenvalue weighted by molar-refractivity contribution is 7.92. The standard InChI is InChI=1S/C23H23N5O5S/c1-14-15(2)27-33-21(14)28-34(30,31)20-7-5-4-6-19(20)18-9-8-16(22-25-10-11-32-22)12-17(18)13-26-23(29)24-3/h4-12,28H,13H2,1-3H3,(H2,24,26,29). The van der Waals surface area contributed by atoms with E-state index in [-0.39, 0.29) is 23.4 Å². The van der Waals surface area contributed by atoms with E-state index in [1.165, 1.54) is 25.6 Å².